The second kappa shape index (κ2) is 7.68. The van der Waals surface area contributed by atoms with Crippen molar-refractivity contribution in [2.24, 2.45) is 4.99 Å². The van der Waals surface area contributed by atoms with Crippen molar-refractivity contribution in [2.45, 2.75) is 26.8 Å². The van der Waals surface area contributed by atoms with Gasteiger partial charge in [0.1, 0.15) is 5.75 Å². The fourth-order valence-corrected chi connectivity index (χ4v) is 2.37. The van der Waals surface area contributed by atoms with Crippen LogP contribution in [0.15, 0.2) is 41.4 Å². The SMILES string of the molecule is CCOc1cccc(C=N[C@@H](C)c2cc(C)ccc2OC)c1O. The van der Waals surface area contributed by atoms with Crippen LogP contribution in [0.5, 0.6) is 17.2 Å². The van der Waals surface area contributed by atoms with Gasteiger partial charge in [-0.2, -0.15) is 0 Å². The van der Waals surface area contributed by atoms with E-state index in [0.29, 0.717) is 17.9 Å². The fraction of sp³-hybridized carbons (Fsp3) is 0.316. The molecular weight excluding hydrogens is 290 g/mol. The highest BCUT2D eigenvalue weighted by molar-refractivity contribution is 5.85. The first-order valence-corrected chi connectivity index (χ1v) is 7.69. The Morgan fingerprint density at radius 1 is 1.22 bits per heavy atom. The Morgan fingerprint density at radius 3 is 2.70 bits per heavy atom. The number of benzene rings is 2. The molecule has 1 N–H and O–H groups in total. The summed E-state index contributed by atoms with van der Waals surface area (Å²) in [5.74, 6) is 1.39. The Hall–Kier alpha value is -2.49. The van der Waals surface area contributed by atoms with Crippen LogP contribution in [-0.4, -0.2) is 25.0 Å². The standard InChI is InChI=1S/C19H23NO3/c1-5-23-18-8-6-7-15(19(18)21)12-20-14(3)16-11-13(2)9-10-17(16)22-4/h6-12,14,21H,5H2,1-4H3/t14-/m0/s1. The molecule has 2 rings (SSSR count). The van der Waals surface area contributed by atoms with Gasteiger partial charge in [0, 0.05) is 17.3 Å². The first-order chi connectivity index (χ1) is 11.1. The van der Waals surface area contributed by atoms with Crippen LogP contribution in [0.4, 0.5) is 0 Å². The first kappa shape index (κ1) is 16.9. The van der Waals surface area contributed by atoms with Gasteiger partial charge in [-0.25, -0.2) is 0 Å². The van der Waals surface area contributed by atoms with Gasteiger partial charge in [-0.15, -0.1) is 0 Å². The van der Waals surface area contributed by atoms with E-state index in [2.05, 4.69) is 11.1 Å². The highest BCUT2D eigenvalue weighted by Crippen LogP contribution is 2.31. The Labute approximate surface area is 137 Å². The molecule has 2 aromatic carbocycles. The Kier molecular flexibility index (Phi) is 5.63. The van der Waals surface area contributed by atoms with Crippen molar-refractivity contribution in [3.63, 3.8) is 0 Å². The number of aliphatic imine (C=N–C) groups is 1. The first-order valence-electron chi connectivity index (χ1n) is 7.69. The van der Waals surface area contributed by atoms with Gasteiger partial charge >= 0.3 is 0 Å². The van der Waals surface area contributed by atoms with Crippen molar-refractivity contribution in [1.82, 2.24) is 0 Å². The summed E-state index contributed by atoms with van der Waals surface area (Å²) >= 11 is 0. The van der Waals surface area contributed by atoms with Gasteiger partial charge in [-0.1, -0.05) is 23.8 Å². The molecule has 0 bridgehead atoms. The summed E-state index contributed by atoms with van der Waals surface area (Å²) in [6, 6.07) is 11.3. The number of rotatable bonds is 6. The fourth-order valence-electron chi connectivity index (χ4n) is 2.37. The number of para-hydroxylation sites is 1. The van der Waals surface area contributed by atoms with Crippen LogP contribution in [0.25, 0.3) is 0 Å². The van der Waals surface area contributed by atoms with E-state index in [9.17, 15) is 5.11 Å². The molecule has 2 aromatic rings. The topological polar surface area (TPSA) is 51.0 Å². The highest BCUT2D eigenvalue weighted by atomic mass is 16.5. The molecule has 0 saturated carbocycles. The third-order valence-corrected chi connectivity index (χ3v) is 3.60. The van der Waals surface area contributed by atoms with Crippen molar-refractivity contribution in [1.29, 1.82) is 0 Å². The number of ether oxygens (including phenoxy) is 2. The van der Waals surface area contributed by atoms with E-state index in [-0.39, 0.29) is 11.8 Å². The smallest absolute Gasteiger partial charge is 0.166 e. The van der Waals surface area contributed by atoms with E-state index < -0.39 is 0 Å². The number of aromatic hydroxyl groups is 1. The van der Waals surface area contributed by atoms with E-state index in [0.717, 1.165) is 16.9 Å². The quantitative estimate of drug-likeness (QED) is 0.809. The van der Waals surface area contributed by atoms with E-state index in [1.165, 1.54) is 0 Å². The van der Waals surface area contributed by atoms with E-state index in [1.54, 1.807) is 19.4 Å². The number of methoxy groups -OCH3 is 1. The molecule has 0 amide bonds. The van der Waals surface area contributed by atoms with Crippen molar-refractivity contribution in [3.8, 4) is 17.2 Å². The van der Waals surface area contributed by atoms with Crippen molar-refractivity contribution >= 4 is 6.21 Å². The molecule has 0 unspecified atom stereocenters. The van der Waals surface area contributed by atoms with Gasteiger partial charge in [-0.05, 0) is 39.0 Å². The molecule has 0 spiro atoms. The second-order valence-corrected chi connectivity index (χ2v) is 5.33. The molecule has 23 heavy (non-hydrogen) atoms. The minimum atomic E-state index is -0.0833. The lowest BCUT2D eigenvalue weighted by Gasteiger charge is -2.13. The van der Waals surface area contributed by atoms with Gasteiger partial charge < -0.3 is 14.6 Å². The number of hydrogen-bond donors (Lipinski definition) is 1. The Balaban J connectivity index is 2.27. The highest BCUT2D eigenvalue weighted by Gasteiger charge is 2.11. The molecule has 0 fully saturated rings. The summed E-state index contributed by atoms with van der Waals surface area (Å²) in [5, 5.41) is 10.2. The third kappa shape index (κ3) is 4.03. The minimum Gasteiger partial charge on any atom is -0.504 e. The van der Waals surface area contributed by atoms with Crippen LogP contribution < -0.4 is 9.47 Å². The number of nitrogens with zero attached hydrogens (tertiary/aromatic N) is 1. The largest absolute Gasteiger partial charge is 0.504 e. The molecule has 1 atom stereocenters. The second-order valence-electron chi connectivity index (χ2n) is 5.33. The molecule has 0 aliphatic rings. The van der Waals surface area contributed by atoms with Gasteiger partial charge in [0.15, 0.2) is 11.5 Å². The molecule has 122 valence electrons. The minimum absolute atomic E-state index is 0.0833. The average Bonchev–Trinajstić information content (AvgIpc) is 2.55. The number of aryl methyl sites for hydroxylation is 1. The number of phenolic OH excluding ortho intramolecular Hbond substituents is 1. The maximum atomic E-state index is 10.2. The zero-order valence-corrected chi connectivity index (χ0v) is 14.0. The Bertz CT molecular complexity index is 695. The summed E-state index contributed by atoms with van der Waals surface area (Å²) in [5.41, 5.74) is 2.81. The maximum Gasteiger partial charge on any atom is 0.166 e. The van der Waals surface area contributed by atoms with Crippen LogP contribution in [0.3, 0.4) is 0 Å². The zero-order valence-electron chi connectivity index (χ0n) is 14.0. The summed E-state index contributed by atoms with van der Waals surface area (Å²) in [6.45, 7) is 6.42. The summed E-state index contributed by atoms with van der Waals surface area (Å²) in [6.07, 6.45) is 1.67. The normalized spacial score (nSPS) is 12.3. The van der Waals surface area contributed by atoms with Gasteiger partial charge in [-0.3, -0.25) is 4.99 Å². The lowest BCUT2D eigenvalue weighted by atomic mass is 10.0. The molecule has 0 radical (unpaired) electrons. The molecule has 0 aliphatic heterocycles. The van der Waals surface area contributed by atoms with E-state index >= 15 is 0 Å². The third-order valence-electron chi connectivity index (χ3n) is 3.60. The van der Waals surface area contributed by atoms with Gasteiger partial charge in [0.05, 0.1) is 19.8 Å². The van der Waals surface area contributed by atoms with Crippen molar-refractivity contribution in [3.05, 3.63) is 53.1 Å². The molecule has 0 aliphatic carbocycles. The molecule has 4 nitrogen and oxygen atoms in total. The molecule has 0 heterocycles. The van der Waals surface area contributed by atoms with E-state index in [4.69, 9.17) is 9.47 Å². The average molecular weight is 313 g/mol. The molecule has 0 saturated heterocycles. The van der Waals surface area contributed by atoms with Crippen LogP contribution >= 0.6 is 0 Å². The van der Waals surface area contributed by atoms with Crippen LogP contribution in [-0.2, 0) is 0 Å². The molecule has 4 heteroatoms. The molecule has 0 aromatic heterocycles. The Morgan fingerprint density at radius 2 is 2.00 bits per heavy atom. The number of phenols is 1. The predicted octanol–water partition coefficient (Wildman–Crippen LogP) is 4.29. The monoisotopic (exact) mass is 313 g/mol. The maximum absolute atomic E-state index is 10.2. The van der Waals surface area contributed by atoms with E-state index in [1.807, 2.05) is 45.0 Å². The van der Waals surface area contributed by atoms with Gasteiger partial charge in [0.2, 0.25) is 0 Å². The van der Waals surface area contributed by atoms with Crippen molar-refractivity contribution in [2.75, 3.05) is 13.7 Å². The van der Waals surface area contributed by atoms with Gasteiger partial charge in [0.25, 0.3) is 0 Å². The molecular formula is C19H23NO3. The van der Waals surface area contributed by atoms with Crippen LogP contribution in [0.2, 0.25) is 0 Å². The lowest BCUT2D eigenvalue weighted by Crippen LogP contribution is -1.98. The summed E-state index contributed by atoms with van der Waals surface area (Å²) in [4.78, 5) is 4.56. The summed E-state index contributed by atoms with van der Waals surface area (Å²) < 4.78 is 10.8. The number of hydrogen-bond acceptors (Lipinski definition) is 4. The summed E-state index contributed by atoms with van der Waals surface area (Å²) in [7, 11) is 1.65. The van der Waals surface area contributed by atoms with Crippen LogP contribution in [0.1, 0.15) is 36.6 Å². The predicted molar refractivity (Wildman–Crippen MR) is 93.0 cm³/mol. The van der Waals surface area contributed by atoms with Crippen molar-refractivity contribution < 1.29 is 14.6 Å². The lowest BCUT2D eigenvalue weighted by molar-refractivity contribution is 0.318. The zero-order chi connectivity index (χ0) is 16.8. The van der Waals surface area contributed by atoms with Crippen LogP contribution in [0, 0.1) is 6.92 Å².